The summed E-state index contributed by atoms with van der Waals surface area (Å²) >= 11 is 1.24. The normalized spacial score (nSPS) is 16.0. The van der Waals surface area contributed by atoms with E-state index in [0.717, 1.165) is 22.3 Å². The minimum Gasteiger partial charge on any atom is -0.332 e. The highest BCUT2D eigenvalue weighted by Crippen LogP contribution is 2.32. The van der Waals surface area contributed by atoms with Crippen molar-refractivity contribution < 1.29 is 13.6 Å². The van der Waals surface area contributed by atoms with Crippen LogP contribution in [0.5, 0.6) is 0 Å². The molecular formula is C19H16F2N6OS. The number of carbonyl (C=O) groups is 1. The number of carbonyl (C=O) groups excluding carboxylic acids is 1. The Morgan fingerprint density at radius 2 is 1.97 bits per heavy atom. The Labute approximate surface area is 168 Å². The van der Waals surface area contributed by atoms with Crippen molar-refractivity contribution in [2.75, 3.05) is 13.1 Å². The second-order valence-electron chi connectivity index (χ2n) is 7.10. The molecule has 0 unspecified atom stereocenters. The van der Waals surface area contributed by atoms with Crippen molar-refractivity contribution in [1.29, 1.82) is 0 Å². The number of amides is 1. The number of aromatic nitrogens is 5. The van der Waals surface area contributed by atoms with Crippen molar-refractivity contribution in [2.45, 2.75) is 12.3 Å². The third-order valence-electron chi connectivity index (χ3n) is 4.97. The zero-order chi connectivity index (χ0) is 20.2. The first-order valence-corrected chi connectivity index (χ1v) is 9.86. The van der Waals surface area contributed by atoms with E-state index in [-0.39, 0.29) is 18.9 Å². The van der Waals surface area contributed by atoms with E-state index >= 15 is 0 Å². The third kappa shape index (κ3) is 3.19. The summed E-state index contributed by atoms with van der Waals surface area (Å²) in [7, 11) is 1.85. The number of likely N-dealkylation sites (tertiary alicyclic amines) is 1. The molecule has 4 aromatic rings. The van der Waals surface area contributed by atoms with Crippen molar-refractivity contribution in [3.63, 3.8) is 0 Å². The Morgan fingerprint density at radius 1 is 1.14 bits per heavy atom. The fourth-order valence-corrected chi connectivity index (χ4v) is 4.33. The Balaban J connectivity index is 1.44. The van der Waals surface area contributed by atoms with Gasteiger partial charge in [0.15, 0.2) is 5.65 Å². The maximum absolute atomic E-state index is 13.4. The zero-order valence-electron chi connectivity index (χ0n) is 15.4. The third-order valence-corrected chi connectivity index (χ3v) is 5.89. The summed E-state index contributed by atoms with van der Waals surface area (Å²) < 4.78 is 30.2. The van der Waals surface area contributed by atoms with Gasteiger partial charge in [-0.05, 0) is 17.0 Å². The molecule has 0 N–H and O–H groups in total. The lowest BCUT2D eigenvalue weighted by molar-refractivity contribution is 0.0121. The molecule has 5 heterocycles. The van der Waals surface area contributed by atoms with Gasteiger partial charge >= 0.3 is 0 Å². The van der Waals surface area contributed by atoms with Gasteiger partial charge in [-0.2, -0.15) is 10.2 Å². The van der Waals surface area contributed by atoms with Gasteiger partial charge in [0, 0.05) is 55.3 Å². The van der Waals surface area contributed by atoms with Gasteiger partial charge in [0.1, 0.15) is 0 Å². The molecule has 5 rings (SSSR count). The Hall–Kier alpha value is -3.14. The summed E-state index contributed by atoms with van der Waals surface area (Å²) in [6.07, 6.45) is 8.68. The Morgan fingerprint density at radius 3 is 2.69 bits per heavy atom. The maximum Gasteiger partial charge on any atom is 0.267 e. The lowest BCUT2D eigenvalue weighted by Gasteiger charge is -2.14. The van der Waals surface area contributed by atoms with E-state index in [1.54, 1.807) is 33.9 Å². The number of hydrogen-bond acceptors (Lipinski definition) is 5. The van der Waals surface area contributed by atoms with Gasteiger partial charge in [-0.3, -0.25) is 9.48 Å². The van der Waals surface area contributed by atoms with Crippen LogP contribution in [0.2, 0.25) is 0 Å². The summed E-state index contributed by atoms with van der Waals surface area (Å²) in [4.78, 5) is 18.7. The molecular weight excluding hydrogens is 398 g/mol. The van der Waals surface area contributed by atoms with Gasteiger partial charge in [0.05, 0.1) is 23.8 Å². The van der Waals surface area contributed by atoms with Crippen molar-refractivity contribution in [3.8, 4) is 22.3 Å². The van der Waals surface area contributed by atoms with Crippen LogP contribution in [0, 0.1) is 0 Å². The van der Waals surface area contributed by atoms with Gasteiger partial charge in [0.2, 0.25) is 0 Å². The molecule has 0 aromatic carbocycles. The standard InChI is InChI=1S/C19H16F2N6OS/c1-25-8-14(6-23-25)13-5-22-17-15(7-24-27(17)9-13)12-4-16(29-10-12)18(28)26-3-2-19(20,21)11-26/h4-10H,2-3,11H2,1H3. The van der Waals surface area contributed by atoms with Crippen LogP contribution in [-0.2, 0) is 7.05 Å². The topological polar surface area (TPSA) is 68.3 Å². The molecule has 0 radical (unpaired) electrons. The van der Waals surface area contributed by atoms with Crippen LogP contribution >= 0.6 is 11.3 Å². The van der Waals surface area contributed by atoms with Crippen LogP contribution in [0.3, 0.4) is 0 Å². The molecule has 1 aliphatic rings. The molecule has 1 fully saturated rings. The molecule has 0 bridgehead atoms. The Kier molecular flexibility index (Phi) is 3.98. The van der Waals surface area contributed by atoms with E-state index in [1.165, 1.54) is 16.2 Å². The average molecular weight is 414 g/mol. The van der Waals surface area contributed by atoms with E-state index < -0.39 is 12.5 Å². The number of alkyl halides is 2. The van der Waals surface area contributed by atoms with Crippen molar-refractivity contribution >= 4 is 22.9 Å². The largest absolute Gasteiger partial charge is 0.332 e. The van der Waals surface area contributed by atoms with Crippen molar-refractivity contribution in [1.82, 2.24) is 29.3 Å². The molecule has 0 aliphatic carbocycles. The molecule has 0 saturated carbocycles. The number of hydrogen-bond donors (Lipinski definition) is 0. The van der Waals surface area contributed by atoms with Crippen LogP contribution in [0.1, 0.15) is 16.1 Å². The van der Waals surface area contributed by atoms with Crippen LogP contribution < -0.4 is 0 Å². The highest BCUT2D eigenvalue weighted by Gasteiger charge is 2.40. The fraction of sp³-hybridized carbons (Fsp3) is 0.263. The first kappa shape index (κ1) is 17.9. The van der Waals surface area contributed by atoms with Gasteiger partial charge in [-0.15, -0.1) is 11.3 Å². The highest BCUT2D eigenvalue weighted by molar-refractivity contribution is 7.12. The first-order chi connectivity index (χ1) is 13.9. The number of halogens is 2. The van der Waals surface area contributed by atoms with Gasteiger partial charge < -0.3 is 4.90 Å². The highest BCUT2D eigenvalue weighted by atomic mass is 32.1. The summed E-state index contributed by atoms with van der Waals surface area (Å²) in [6, 6.07) is 1.72. The summed E-state index contributed by atoms with van der Waals surface area (Å²) in [5, 5.41) is 10.4. The van der Waals surface area contributed by atoms with Gasteiger partial charge in [-0.1, -0.05) is 0 Å². The number of thiophene rings is 1. The second-order valence-corrected chi connectivity index (χ2v) is 8.02. The molecule has 4 aromatic heterocycles. The van der Waals surface area contributed by atoms with E-state index in [1.807, 2.05) is 24.8 Å². The summed E-state index contributed by atoms with van der Waals surface area (Å²) in [5.41, 5.74) is 4.05. The van der Waals surface area contributed by atoms with Crippen molar-refractivity contribution in [2.24, 2.45) is 7.05 Å². The minimum absolute atomic E-state index is 0.0778. The monoisotopic (exact) mass is 414 g/mol. The molecule has 0 spiro atoms. The molecule has 7 nitrogen and oxygen atoms in total. The number of aryl methyl sites for hydroxylation is 1. The molecule has 29 heavy (non-hydrogen) atoms. The second kappa shape index (κ2) is 6.45. The SMILES string of the molecule is Cn1cc(-c2cnc3c(-c4csc(C(=O)N5CCC(F)(F)C5)c4)cnn3c2)cn1. The molecule has 1 saturated heterocycles. The molecule has 1 aliphatic heterocycles. The predicted octanol–water partition coefficient (Wildman–Crippen LogP) is 3.34. The quantitative estimate of drug-likeness (QED) is 0.516. The lowest BCUT2D eigenvalue weighted by atomic mass is 10.1. The van der Waals surface area contributed by atoms with Crippen LogP contribution in [0.25, 0.3) is 27.9 Å². The average Bonchev–Trinajstić information content (AvgIpc) is 3.45. The van der Waals surface area contributed by atoms with E-state index in [2.05, 4.69) is 15.2 Å². The number of nitrogens with zero attached hydrogens (tertiary/aromatic N) is 6. The summed E-state index contributed by atoms with van der Waals surface area (Å²) in [6.45, 7) is -0.442. The number of fused-ring (bicyclic) bond motifs is 1. The molecule has 148 valence electrons. The van der Waals surface area contributed by atoms with Crippen LogP contribution in [0.15, 0.2) is 42.4 Å². The van der Waals surface area contributed by atoms with E-state index in [4.69, 9.17) is 0 Å². The van der Waals surface area contributed by atoms with Crippen molar-refractivity contribution in [3.05, 3.63) is 47.3 Å². The van der Waals surface area contributed by atoms with Crippen LogP contribution in [-0.4, -0.2) is 54.2 Å². The van der Waals surface area contributed by atoms with Gasteiger partial charge in [-0.25, -0.2) is 18.3 Å². The maximum atomic E-state index is 13.4. The lowest BCUT2D eigenvalue weighted by Crippen LogP contribution is -2.30. The van der Waals surface area contributed by atoms with E-state index in [9.17, 15) is 13.6 Å². The predicted molar refractivity (Wildman–Crippen MR) is 104 cm³/mol. The number of rotatable bonds is 3. The molecule has 10 heteroatoms. The molecule has 0 atom stereocenters. The fourth-order valence-electron chi connectivity index (χ4n) is 3.45. The zero-order valence-corrected chi connectivity index (χ0v) is 16.2. The van der Waals surface area contributed by atoms with E-state index in [0.29, 0.717) is 10.5 Å². The first-order valence-electron chi connectivity index (χ1n) is 8.98. The Bertz CT molecular complexity index is 1230. The summed E-state index contributed by atoms with van der Waals surface area (Å²) in [5.74, 6) is -3.16. The van der Waals surface area contributed by atoms with Crippen LogP contribution in [0.4, 0.5) is 8.78 Å². The minimum atomic E-state index is -2.80. The molecule has 1 amide bonds. The smallest absolute Gasteiger partial charge is 0.267 e. The van der Waals surface area contributed by atoms with Gasteiger partial charge in [0.25, 0.3) is 11.8 Å².